The number of halogens is 1. The summed E-state index contributed by atoms with van der Waals surface area (Å²) in [6.07, 6.45) is 1.78. The standard InChI is InChI=1S/C22H22BrN3O2S/c1-4-12-26-21(13-28-20-7-5-6-15(2)16(20)3)24-25-22(26)29-14-19(27)17-8-10-18(23)11-9-17/h4-11H,1,12-14H2,2-3H3. The normalized spacial score (nSPS) is 10.7. The minimum absolute atomic E-state index is 0.0452. The fourth-order valence-electron chi connectivity index (χ4n) is 2.72. The Morgan fingerprint density at radius 3 is 2.69 bits per heavy atom. The van der Waals surface area contributed by atoms with Crippen LogP contribution in [0.1, 0.15) is 27.3 Å². The van der Waals surface area contributed by atoms with E-state index in [1.807, 2.05) is 47.9 Å². The summed E-state index contributed by atoms with van der Waals surface area (Å²) in [7, 11) is 0. The summed E-state index contributed by atoms with van der Waals surface area (Å²) in [6.45, 7) is 8.75. The van der Waals surface area contributed by atoms with Crippen LogP contribution in [0.4, 0.5) is 0 Å². The van der Waals surface area contributed by atoms with Crippen LogP contribution in [0.3, 0.4) is 0 Å². The summed E-state index contributed by atoms with van der Waals surface area (Å²) in [5.74, 6) is 1.86. The molecule has 29 heavy (non-hydrogen) atoms. The molecule has 3 aromatic rings. The van der Waals surface area contributed by atoms with E-state index >= 15 is 0 Å². The van der Waals surface area contributed by atoms with Crippen LogP contribution >= 0.6 is 27.7 Å². The highest BCUT2D eigenvalue weighted by Gasteiger charge is 2.15. The molecule has 1 heterocycles. The van der Waals surface area contributed by atoms with Gasteiger partial charge in [-0.05, 0) is 43.2 Å². The molecule has 0 fully saturated rings. The average molecular weight is 472 g/mol. The van der Waals surface area contributed by atoms with Crippen molar-refractivity contribution in [3.8, 4) is 5.75 Å². The minimum atomic E-state index is 0.0452. The Balaban J connectivity index is 1.69. The number of ether oxygens (including phenoxy) is 1. The molecule has 0 unspecified atom stereocenters. The van der Waals surface area contributed by atoms with Crippen molar-refractivity contribution in [2.45, 2.75) is 32.2 Å². The van der Waals surface area contributed by atoms with Crippen molar-refractivity contribution >= 4 is 33.5 Å². The van der Waals surface area contributed by atoms with E-state index in [1.165, 1.54) is 17.3 Å². The second kappa shape index (κ2) is 9.89. The number of Topliss-reactive ketones (excluding diaryl/α,β-unsaturated/α-hetero) is 1. The largest absolute Gasteiger partial charge is 0.485 e. The molecular formula is C22H22BrN3O2S. The maximum atomic E-state index is 12.4. The van der Waals surface area contributed by atoms with Gasteiger partial charge in [0.1, 0.15) is 12.4 Å². The van der Waals surface area contributed by atoms with Crippen molar-refractivity contribution in [3.05, 3.63) is 82.1 Å². The van der Waals surface area contributed by atoms with Gasteiger partial charge < -0.3 is 4.74 Å². The number of benzene rings is 2. The third-order valence-electron chi connectivity index (χ3n) is 4.52. The van der Waals surface area contributed by atoms with E-state index in [-0.39, 0.29) is 11.5 Å². The number of carbonyl (C=O) groups is 1. The molecule has 0 aliphatic rings. The third kappa shape index (κ3) is 5.36. The van der Waals surface area contributed by atoms with E-state index in [1.54, 1.807) is 6.08 Å². The van der Waals surface area contributed by atoms with E-state index in [4.69, 9.17) is 4.74 Å². The molecule has 0 aliphatic carbocycles. The van der Waals surface area contributed by atoms with E-state index in [9.17, 15) is 4.79 Å². The van der Waals surface area contributed by atoms with Crippen molar-refractivity contribution in [1.29, 1.82) is 0 Å². The molecule has 7 heteroatoms. The van der Waals surface area contributed by atoms with Crippen LogP contribution in [-0.2, 0) is 13.2 Å². The molecule has 0 N–H and O–H groups in total. The molecule has 5 nitrogen and oxygen atoms in total. The molecule has 0 saturated carbocycles. The molecule has 3 rings (SSSR count). The summed E-state index contributed by atoms with van der Waals surface area (Å²) < 4.78 is 8.85. The van der Waals surface area contributed by atoms with Crippen LogP contribution in [0.25, 0.3) is 0 Å². The highest BCUT2D eigenvalue weighted by molar-refractivity contribution is 9.10. The lowest BCUT2D eigenvalue weighted by Crippen LogP contribution is -2.09. The lowest BCUT2D eigenvalue weighted by Gasteiger charge is -2.12. The zero-order chi connectivity index (χ0) is 20.8. The van der Waals surface area contributed by atoms with Crippen molar-refractivity contribution in [2.75, 3.05) is 5.75 Å². The summed E-state index contributed by atoms with van der Waals surface area (Å²) in [4.78, 5) is 12.4. The molecule has 0 atom stereocenters. The Hall–Kier alpha value is -2.38. The first-order chi connectivity index (χ1) is 14.0. The summed E-state index contributed by atoms with van der Waals surface area (Å²) in [5, 5.41) is 9.20. The van der Waals surface area contributed by atoms with E-state index < -0.39 is 0 Å². The summed E-state index contributed by atoms with van der Waals surface area (Å²) in [6, 6.07) is 13.3. The van der Waals surface area contributed by atoms with Gasteiger partial charge in [0.05, 0.1) is 5.75 Å². The number of allylic oxidation sites excluding steroid dienone is 1. The van der Waals surface area contributed by atoms with Gasteiger partial charge in [0.15, 0.2) is 16.8 Å². The number of carbonyl (C=O) groups excluding carboxylic acids is 1. The molecule has 2 aromatic carbocycles. The Morgan fingerprint density at radius 2 is 1.97 bits per heavy atom. The van der Waals surface area contributed by atoms with Gasteiger partial charge >= 0.3 is 0 Å². The predicted molar refractivity (Wildman–Crippen MR) is 120 cm³/mol. The number of aromatic nitrogens is 3. The quantitative estimate of drug-likeness (QED) is 0.237. The zero-order valence-corrected chi connectivity index (χ0v) is 18.8. The van der Waals surface area contributed by atoms with Gasteiger partial charge in [0, 0.05) is 16.6 Å². The van der Waals surface area contributed by atoms with Crippen LogP contribution in [0.2, 0.25) is 0 Å². The molecule has 0 radical (unpaired) electrons. The summed E-state index contributed by atoms with van der Waals surface area (Å²) in [5.41, 5.74) is 2.96. The van der Waals surface area contributed by atoms with Gasteiger partial charge in [-0.15, -0.1) is 16.8 Å². The van der Waals surface area contributed by atoms with Gasteiger partial charge in [0.2, 0.25) is 0 Å². The fraction of sp³-hybridized carbons (Fsp3) is 0.227. The summed E-state index contributed by atoms with van der Waals surface area (Å²) >= 11 is 4.75. The number of hydrogen-bond donors (Lipinski definition) is 0. The number of nitrogens with zero attached hydrogens (tertiary/aromatic N) is 3. The number of thioether (sulfide) groups is 1. The topological polar surface area (TPSA) is 57.0 Å². The second-order valence-corrected chi connectivity index (χ2v) is 8.36. The van der Waals surface area contributed by atoms with Gasteiger partial charge in [-0.2, -0.15) is 0 Å². The Kier molecular flexibility index (Phi) is 7.28. The predicted octanol–water partition coefficient (Wildman–Crippen LogP) is 5.40. The van der Waals surface area contributed by atoms with Crippen molar-refractivity contribution in [3.63, 3.8) is 0 Å². The smallest absolute Gasteiger partial charge is 0.192 e. The Bertz CT molecular complexity index is 1020. The first-order valence-electron chi connectivity index (χ1n) is 9.13. The maximum absolute atomic E-state index is 12.4. The fourth-order valence-corrected chi connectivity index (χ4v) is 3.84. The van der Waals surface area contributed by atoms with Gasteiger partial charge in [-0.3, -0.25) is 9.36 Å². The highest BCUT2D eigenvalue weighted by Crippen LogP contribution is 2.23. The molecule has 150 valence electrons. The molecule has 0 bridgehead atoms. The lowest BCUT2D eigenvalue weighted by atomic mass is 10.1. The van der Waals surface area contributed by atoms with Crippen LogP contribution in [0.15, 0.2) is 64.7 Å². The van der Waals surface area contributed by atoms with E-state index in [2.05, 4.69) is 45.7 Å². The monoisotopic (exact) mass is 471 g/mol. The highest BCUT2D eigenvalue weighted by atomic mass is 79.9. The van der Waals surface area contributed by atoms with Gasteiger partial charge in [0.25, 0.3) is 0 Å². The molecule has 0 aliphatic heterocycles. The molecule has 0 amide bonds. The Labute approximate surface area is 183 Å². The van der Waals surface area contributed by atoms with Crippen molar-refractivity contribution in [1.82, 2.24) is 14.8 Å². The van der Waals surface area contributed by atoms with Crippen molar-refractivity contribution < 1.29 is 9.53 Å². The molecular weight excluding hydrogens is 450 g/mol. The molecule has 0 spiro atoms. The SMILES string of the molecule is C=CCn1c(COc2cccc(C)c2C)nnc1SCC(=O)c1ccc(Br)cc1. The number of hydrogen-bond acceptors (Lipinski definition) is 5. The van der Waals surface area contributed by atoms with Gasteiger partial charge in [-0.25, -0.2) is 0 Å². The van der Waals surface area contributed by atoms with Gasteiger partial charge in [-0.1, -0.05) is 58.0 Å². The zero-order valence-electron chi connectivity index (χ0n) is 16.4. The number of ketones is 1. The van der Waals surface area contributed by atoms with E-state index in [0.29, 0.717) is 29.7 Å². The van der Waals surface area contributed by atoms with Crippen LogP contribution < -0.4 is 4.74 Å². The third-order valence-corrected chi connectivity index (χ3v) is 6.01. The average Bonchev–Trinajstić information content (AvgIpc) is 3.10. The second-order valence-electron chi connectivity index (χ2n) is 6.50. The first-order valence-corrected chi connectivity index (χ1v) is 10.9. The van der Waals surface area contributed by atoms with Crippen LogP contribution in [0.5, 0.6) is 5.75 Å². The van der Waals surface area contributed by atoms with Crippen LogP contribution in [-0.4, -0.2) is 26.3 Å². The first kappa shape index (κ1) is 21.3. The number of aryl methyl sites for hydroxylation is 1. The van der Waals surface area contributed by atoms with E-state index in [0.717, 1.165) is 15.8 Å². The Morgan fingerprint density at radius 1 is 1.21 bits per heavy atom. The lowest BCUT2D eigenvalue weighted by molar-refractivity contribution is 0.102. The number of rotatable bonds is 9. The van der Waals surface area contributed by atoms with Crippen LogP contribution in [0, 0.1) is 13.8 Å². The molecule has 0 saturated heterocycles. The molecule has 1 aromatic heterocycles. The van der Waals surface area contributed by atoms with Crippen molar-refractivity contribution in [2.24, 2.45) is 0 Å². The maximum Gasteiger partial charge on any atom is 0.192 e. The minimum Gasteiger partial charge on any atom is -0.485 e.